The van der Waals surface area contributed by atoms with Crippen LogP contribution >= 0.6 is 0 Å². The van der Waals surface area contributed by atoms with Crippen LogP contribution in [0.3, 0.4) is 0 Å². The van der Waals surface area contributed by atoms with E-state index in [2.05, 4.69) is 40.1 Å². The first-order valence-corrected chi connectivity index (χ1v) is 7.20. The highest BCUT2D eigenvalue weighted by Crippen LogP contribution is 2.18. The molecule has 0 saturated carbocycles. The standard InChI is InChI=1S/C16H22N4O/c1-4-20-11-17-9-16(20)10-18-12(2)14-6-5-7-15(8-14)19-13(3)21/h5-9,11-12,18H,4,10H2,1-3H3,(H,19,21). The smallest absolute Gasteiger partial charge is 0.221 e. The zero-order valence-electron chi connectivity index (χ0n) is 12.8. The molecular formula is C16H22N4O. The van der Waals surface area contributed by atoms with Crippen molar-refractivity contribution in [1.82, 2.24) is 14.9 Å². The number of carbonyl (C=O) groups is 1. The number of carbonyl (C=O) groups excluding carboxylic acids is 1. The summed E-state index contributed by atoms with van der Waals surface area (Å²) in [6, 6.07) is 8.09. The van der Waals surface area contributed by atoms with Gasteiger partial charge in [0.1, 0.15) is 0 Å². The molecule has 0 bridgehead atoms. The molecule has 2 N–H and O–H groups in total. The van der Waals surface area contributed by atoms with Gasteiger partial charge in [-0.3, -0.25) is 4.79 Å². The monoisotopic (exact) mass is 286 g/mol. The van der Waals surface area contributed by atoms with Crippen LogP contribution in [-0.4, -0.2) is 15.5 Å². The van der Waals surface area contributed by atoms with Gasteiger partial charge in [-0.15, -0.1) is 0 Å². The van der Waals surface area contributed by atoms with Gasteiger partial charge in [-0.2, -0.15) is 0 Å². The van der Waals surface area contributed by atoms with E-state index in [1.54, 1.807) is 0 Å². The summed E-state index contributed by atoms with van der Waals surface area (Å²) in [4.78, 5) is 15.3. The number of nitrogens with zero attached hydrogens (tertiary/aromatic N) is 2. The first-order valence-electron chi connectivity index (χ1n) is 7.20. The molecule has 0 aliphatic carbocycles. The Bertz CT molecular complexity index is 606. The summed E-state index contributed by atoms with van der Waals surface area (Å²) >= 11 is 0. The maximum atomic E-state index is 11.1. The topological polar surface area (TPSA) is 59.0 Å². The van der Waals surface area contributed by atoms with Gasteiger partial charge in [0.25, 0.3) is 0 Å². The minimum Gasteiger partial charge on any atom is -0.334 e. The molecule has 0 aliphatic heterocycles. The van der Waals surface area contributed by atoms with E-state index in [-0.39, 0.29) is 11.9 Å². The number of anilines is 1. The zero-order valence-corrected chi connectivity index (χ0v) is 12.8. The third-order valence-electron chi connectivity index (χ3n) is 3.44. The summed E-state index contributed by atoms with van der Waals surface area (Å²) in [7, 11) is 0. The number of amides is 1. The summed E-state index contributed by atoms with van der Waals surface area (Å²) in [5.41, 5.74) is 3.14. The van der Waals surface area contributed by atoms with Crippen molar-refractivity contribution in [2.75, 3.05) is 5.32 Å². The van der Waals surface area contributed by atoms with Crippen molar-refractivity contribution in [2.24, 2.45) is 0 Å². The van der Waals surface area contributed by atoms with Crippen molar-refractivity contribution < 1.29 is 4.79 Å². The minimum absolute atomic E-state index is 0.0559. The predicted octanol–water partition coefficient (Wildman–Crippen LogP) is 2.71. The van der Waals surface area contributed by atoms with Crippen molar-refractivity contribution in [3.8, 4) is 0 Å². The lowest BCUT2D eigenvalue weighted by atomic mass is 10.1. The highest BCUT2D eigenvalue weighted by molar-refractivity contribution is 5.88. The van der Waals surface area contributed by atoms with E-state index in [4.69, 9.17) is 0 Å². The van der Waals surface area contributed by atoms with Crippen LogP contribution in [0.1, 0.15) is 38.1 Å². The lowest BCUT2D eigenvalue weighted by Crippen LogP contribution is -2.20. The Kier molecular flexibility index (Phi) is 5.11. The molecule has 21 heavy (non-hydrogen) atoms. The first kappa shape index (κ1) is 15.3. The van der Waals surface area contributed by atoms with Gasteiger partial charge in [0, 0.05) is 37.9 Å². The fraction of sp³-hybridized carbons (Fsp3) is 0.375. The Morgan fingerprint density at radius 3 is 2.95 bits per heavy atom. The molecular weight excluding hydrogens is 264 g/mol. The highest BCUT2D eigenvalue weighted by atomic mass is 16.1. The third kappa shape index (κ3) is 4.16. The zero-order chi connectivity index (χ0) is 15.2. The van der Waals surface area contributed by atoms with Gasteiger partial charge in [-0.1, -0.05) is 12.1 Å². The number of aromatic nitrogens is 2. The van der Waals surface area contributed by atoms with Crippen LogP contribution in [0, 0.1) is 0 Å². The van der Waals surface area contributed by atoms with Crippen molar-refractivity contribution in [3.05, 3.63) is 48.0 Å². The largest absolute Gasteiger partial charge is 0.334 e. The predicted molar refractivity (Wildman–Crippen MR) is 83.9 cm³/mol. The molecule has 0 aliphatic rings. The SMILES string of the molecule is CCn1cncc1CNC(C)c1cccc(NC(C)=O)c1. The van der Waals surface area contributed by atoms with Gasteiger partial charge in [0.05, 0.1) is 12.0 Å². The second-order valence-corrected chi connectivity index (χ2v) is 5.08. The number of aryl methyl sites for hydroxylation is 1. The Balaban J connectivity index is 2.00. The Hall–Kier alpha value is -2.14. The molecule has 5 heteroatoms. The second-order valence-electron chi connectivity index (χ2n) is 5.08. The first-order chi connectivity index (χ1) is 10.1. The van der Waals surface area contributed by atoms with Crippen LogP contribution < -0.4 is 10.6 Å². The van der Waals surface area contributed by atoms with E-state index in [0.717, 1.165) is 24.3 Å². The van der Waals surface area contributed by atoms with Crippen molar-refractivity contribution in [1.29, 1.82) is 0 Å². The molecule has 1 heterocycles. The summed E-state index contributed by atoms with van der Waals surface area (Å²) in [6.07, 6.45) is 3.73. The van der Waals surface area contributed by atoms with Gasteiger partial charge in [-0.25, -0.2) is 4.98 Å². The molecule has 1 amide bonds. The maximum Gasteiger partial charge on any atom is 0.221 e. The van der Waals surface area contributed by atoms with Gasteiger partial charge in [0.2, 0.25) is 5.91 Å². The van der Waals surface area contributed by atoms with Crippen molar-refractivity contribution in [3.63, 3.8) is 0 Å². The van der Waals surface area contributed by atoms with Crippen molar-refractivity contribution in [2.45, 2.75) is 39.9 Å². The van der Waals surface area contributed by atoms with E-state index in [0.29, 0.717) is 0 Å². The van der Waals surface area contributed by atoms with Gasteiger partial charge >= 0.3 is 0 Å². The summed E-state index contributed by atoms with van der Waals surface area (Å²) in [5.74, 6) is -0.0559. The molecule has 1 aromatic carbocycles. The van der Waals surface area contributed by atoms with Crippen LogP contribution in [-0.2, 0) is 17.9 Å². The lowest BCUT2D eigenvalue weighted by Gasteiger charge is -2.16. The van der Waals surface area contributed by atoms with Crippen LogP contribution in [0.25, 0.3) is 0 Å². The highest BCUT2D eigenvalue weighted by Gasteiger charge is 2.08. The van der Waals surface area contributed by atoms with Gasteiger partial charge in [-0.05, 0) is 31.5 Å². The third-order valence-corrected chi connectivity index (χ3v) is 3.44. The molecule has 1 atom stereocenters. The number of imidazole rings is 1. The Morgan fingerprint density at radius 1 is 1.43 bits per heavy atom. The number of nitrogens with one attached hydrogen (secondary N) is 2. The number of hydrogen-bond donors (Lipinski definition) is 2. The molecule has 0 spiro atoms. The van der Waals surface area contributed by atoms with E-state index in [9.17, 15) is 4.79 Å². The van der Waals surface area contributed by atoms with Crippen molar-refractivity contribution >= 4 is 11.6 Å². The average molecular weight is 286 g/mol. The molecule has 0 saturated heterocycles. The molecule has 0 fully saturated rings. The van der Waals surface area contributed by atoms with E-state index < -0.39 is 0 Å². The molecule has 1 unspecified atom stereocenters. The second kappa shape index (κ2) is 7.04. The van der Waals surface area contributed by atoms with E-state index >= 15 is 0 Å². The molecule has 5 nitrogen and oxygen atoms in total. The lowest BCUT2D eigenvalue weighted by molar-refractivity contribution is -0.114. The molecule has 2 rings (SSSR count). The fourth-order valence-electron chi connectivity index (χ4n) is 2.24. The van der Waals surface area contributed by atoms with E-state index in [1.165, 1.54) is 12.6 Å². The summed E-state index contributed by atoms with van der Waals surface area (Å²) in [6.45, 7) is 7.41. The van der Waals surface area contributed by atoms with Crippen LogP contribution in [0.4, 0.5) is 5.69 Å². The average Bonchev–Trinajstić information content (AvgIpc) is 2.91. The Morgan fingerprint density at radius 2 is 2.24 bits per heavy atom. The number of hydrogen-bond acceptors (Lipinski definition) is 3. The van der Waals surface area contributed by atoms with E-state index in [1.807, 2.05) is 30.7 Å². The quantitative estimate of drug-likeness (QED) is 0.858. The minimum atomic E-state index is -0.0559. The summed E-state index contributed by atoms with van der Waals surface area (Å²) in [5, 5.41) is 6.29. The molecule has 2 aromatic rings. The van der Waals surface area contributed by atoms with Crippen LogP contribution in [0.15, 0.2) is 36.8 Å². The van der Waals surface area contributed by atoms with Gasteiger partial charge in [0.15, 0.2) is 0 Å². The normalized spacial score (nSPS) is 12.1. The van der Waals surface area contributed by atoms with Gasteiger partial charge < -0.3 is 15.2 Å². The molecule has 1 aromatic heterocycles. The maximum absolute atomic E-state index is 11.1. The van der Waals surface area contributed by atoms with Crippen LogP contribution in [0.5, 0.6) is 0 Å². The summed E-state index contributed by atoms with van der Waals surface area (Å²) < 4.78 is 2.12. The number of rotatable bonds is 6. The fourth-order valence-corrected chi connectivity index (χ4v) is 2.24. The Labute approximate surface area is 125 Å². The molecule has 0 radical (unpaired) electrons. The molecule has 112 valence electrons. The number of benzene rings is 1. The van der Waals surface area contributed by atoms with Crippen LogP contribution in [0.2, 0.25) is 0 Å².